The molecule has 10 heteroatoms. The van der Waals surface area contributed by atoms with Crippen LogP contribution in [0.25, 0.3) is 0 Å². The first-order valence-electron chi connectivity index (χ1n) is 9.10. The summed E-state index contributed by atoms with van der Waals surface area (Å²) < 4.78 is 13.2. The Balaban J connectivity index is 1.56. The highest BCUT2D eigenvalue weighted by Crippen LogP contribution is 2.20. The quantitative estimate of drug-likeness (QED) is 0.768. The number of hydrogen-bond donors (Lipinski definition) is 2. The minimum atomic E-state index is -0.579. The van der Waals surface area contributed by atoms with Gasteiger partial charge in [-0.25, -0.2) is 9.18 Å². The molecule has 1 fully saturated rings. The fourth-order valence-electron chi connectivity index (χ4n) is 3.31. The molecule has 8 nitrogen and oxygen atoms in total. The molecule has 3 rings (SSSR count). The van der Waals surface area contributed by atoms with Gasteiger partial charge in [-0.2, -0.15) is 0 Å². The molecule has 29 heavy (non-hydrogen) atoms. The van der Waals surface area contributed by atoms with Crippen LogP contribution in [-0.2, 0) is 11.2 Å². The van der Waals surface area contributed by atoms with E-state index in [0.29, 0.717) is 37.4 Å². The summed E-state index contributed by atoms with van der Waals surface area (Å²) in [5.41, 5.74) is -0.0354. The number of amides is 2. The average molecular weight is 423 g/mol. The highest BCUT2D eigenvalue weighted by Gasteiger charge is 2.26. The van der Waals surface area contributed by atoms with E-state index >= 15 is 0 Å². The predicted molar refractivity (Wildman–Crippen MR) is 105 cm³/mol. The van der Waals surface area contributed by atoms with Gasteiger partial charge in [0, 0.05) is 43.9 Å². The van der Waals surface area contributed by atoms with Gasteiger partial charge in [0.15, 0.2) is 0 Å². The van der Waals surface area contributed by atoms with Crippen molar-refractivity contribution in [2.24, 2.45) is 0 Å². The second-order valence-corrected chi connectivity index (χ2v) is 7.22. The second-order valence-electron chi connectivity index (χ2n) is 6.81. The topological polar surface area (TPSA) is 106 Å². The number of hydrogen-bond acceptors (Lipinski definition) is 4. The largest absolute Gasteiger partial charge is 0.339 e. The maximum atomic E-state index is 13.2. The van der Waals surface area contributed by atoms with E-state index in [2.05, 4.69) is 9.97 Å². The molecule has 0 aliphatic carbocycles. The van der Waals surface area contributed by atoms with E-state index in [4.69, 9.17) is 11.6 Å². The highest BCUT2D eigenvalue weighted by atomic mass is 35.5. The lowest BCUT2D eigenvalue weighted by Gasteiger charge is -2.35. The van der Waals surface area contributed by atoms with E-state index in [9.17, 15) is 23.6 Å². The number of nitrogens with one attached hydrogen (secondary N) is 2. The van der Waals surface area contributed by atoms with E-state index in [-0.39, 0.29) is 35.2 Å². The van der Waals surface area contributed by atoms with Gasteiger partial charge in [0.25, 0.3) is 11.5 Å². The Kier molecular flexibility index (Phi) is 6.17. The van der Waals surface area contributed by atoms with Gasteiger partial charge < -0.3 is 14.8 Å². The lowest BCUT2D eigenvalue weighted by Crippen LogP contribution is -2.50. The Morgan fingerprint density at radius 1 is 1.10 bits per heavy atom. The highest BCUT2D eigenvalue weighted by molar-refractivity contribution is 6.33. The van der Waals surface area contributed by atoms with Gasteiger partial charge >= 0.3 is 5.69 Å². The summed E-state index contributed by atoms with van der Waals surface area (Å²) in [5.74, 6) is -0.960. The van der Waals surface area contributed by atoms with Crippen molar-refractivity contribution in [1.29, 1.82) is 0 Å². The minimum absolute atomic E-state index is 0.0509. The Labute approximate surface area is 170 Å². The van der Waals surface area contributed by atoms with Gasteiger partial charge in [-0.1, -0.05) is 11.6 Å². The van der Waals surface area contributed by atoms with Crippen LogP contribution in [0.15, 0.2) is 27.8 Å². The van der Waals surface area contributed by atoms with E-state index < -0.39 is 17.1 Å². The van der Waals surface area contributed by atoms with Crippen LogP contribution in [0.2, 0.25) is 5.02 Å². The third kappa shape index (κ3) is 4.73. The van der Waals surface area contributed by atoms with Gasteiger partial charge in [0.05, 0.1) is 10.6 Å². The number of aromatic nitrogens is 2. The van der Waals surface area contributed by atoms with Crippen LogP contribution in [0.3, 0.4) is 0 Å². The number of piperazine rings is 1. The monoisotopic (exact) mass is 422 g/mol. The van der Waals surface area contributed by atoms with Crippen molar-refractivity contribution in [2.45, 2.75) is 19.8 Å². The molecule has 0 saturated carbocycles. The number of benzene rings is 1. The summed E-state index contributed by atoms with van der Waals surface area (Å²) in [6, 6.07) is 3.62. The van der Waals surface area contributed by atoms with Crippen LogP contribution in [0, 0.1) is 12.7 Å². The first kappa shape index (κ1) is 20.8. The second kappa shape index (κ2) is 8.60. The summed E-state index contributed by atoms with van der Waals surface area (Å²) in [7, 11) is 0. The van der Waals surface area contributed by atoms with Crippen molar-refractivity contribution in [1.82, 2.24) is 19.8 Å². The number of nitrogens with zero attached hydrogens (tertiary/aromatic N) is 2. The molecule has 1 saturated heterocycles. The fourth-order valence-corrected chi connectivity index (χ4v) is 3.56. The van der Waals surface area contributed by atoms with Crippen molar-refractivity contribution >= 4 is 23.4 Å². The fraction of sp³-hybridized carbons (Fsp3) is 0.368. The van der Waals surface area contributed by atoms with Gasteiger partial charge in [-0.05, 0) is 31.5 Å². The summed E-state index contributed by atoms with van der Waals surface area (Å²) in [5, 5.41) is 0.0509. The average Bonchev–Trinajstić information content (AvgIpc) is 2.66. The molecule has 0 radical (unpaired) electrons. The number of carbonyl (C=O) groups is 2. The predicted octanol–water partition coefficient (Wildman–Crippen LogP) is 1.08. The lowest BCUT2D eigenvalue weighted by molar-refractivity contribution is -0.132. The van der Waals surface area contributed by atoms with Crippen molar-refractivity contribution in [3.05, 3.63) is 66.7 Å². The molecule has 2 amide bonds. The van der Waals surface area contributed by atoms with Gasteiger partial charge in [-0.3, -0.25) is 19.4 Å². The number of H-pyrrole nitrogens is 2. The van der Waals surface area contributed by atoms with Gasteiger partial charge in [0.1, 0.15) is 5.82 Å². The van der Waals surface area contributed by atoms with E-state index in [1.807, 2.05) is 0 Å². The van der Waals surface area contributed by atoms with Crippen LogP contribution in [0.5, 0.6) is 0 Å². The molecular formula is C19H20ClFN4O4. The number of aryl methyl sites for hydroxylation is 1. The van der Waals surface area contributed by atoms with Crippen molar-refractivity contribution in [3.63, 3.8) is 0 Å². The van der Waals surface area contributed by atoms with Crippen LogP contribution in [0.4, 0.5) is 4.39 Å². The first-order chi connectivity index (χ1) is 13.8. The van der Waals surface area contributed by atoms with Gasteiger partial charge in [-0.15, -0.1) is 0 Å². The molecule has 1 aliphatic heterocycles. The summed E-state index contributed by atoms with van der Waals surface area (Å²) in [4.78, 5) is 56.0. The zero-order chi connectivity index (χ0) is 21.1. The van der Waals surface area contributed by atoms with E-state index in [1.54, 1.807) is 16.7 Å². The zero-order valence-electron chi connectivity index (χ0n) is 15.8. The van der Waals surface area contributed by atoms with Crippen LogP contribution in [-0.4, -0.2) is 57.8 Å². The molecule has 1 aromatic carbocycles. The maximum Gasteiger partial charge on any atom is 0.325 e. The standard InChI is InChI=1S/C19H20ClFN4O4/c1-11-13(17(27)23-19(29)22-11)4-5-16(26)24-6-8-25(9-7-24)18(28)14-3-2-12(21)10-15(14)20/h2-3,10H,4-9H2,1H3,(H2,22,23,27,29). The molecule has 0 bridgehead atoms. The summed E-state index contributed by atoms with van der Waals surface area (Å²) >= 11 is 5.96. The molecule has 1 aromatic heterocycles. The number of rotatable bonds is 4. The molecule has 1 aliphatic rings. The number of halogens is 2. The van der Waals surface area contributed by atoms with E-state index in [1.165, 1.54) is 12.1 Å². The molecule has 154 valence electrons. The van der Waals surface area contributed by atoms with Crippen LogP contribution < -0.4 is 11.2 Å². The number of aromatic amines is 2. The molecule has 2 heterocycles. The summed E-state index contributed by atoms with van der Waals surface area (Å²) in [6.45, 7) is 2.98. The zero-order valence-corrected chi connectivity index (χ0v) is 16.5. The molecular weight excluding hydrogens is 403 g/mol. The third-order valence-electron chi connectivity index (χ3n) is 4.92. The van der Waals surface area contributed by atoms with Gasteiger partial charge in [0.2, 0.25) is 5.91 Å². The normalized spacial score (nSPS) is 14.2. The third-order valence-corrected chi connectivity index (χ3v) is 5.24. The molecule has 2 aromatic rings. The smallest absolute Gasteiger partial charge is 0.325 e. The molecule has 2 N–H and O–H groups in total. The number of carbonyl (C=O) groups excluding carboxylic acids is 2. The minimum Gasteiger partial charge on any atom is -0.339 e. The molecule has 0 spiro atoms. The Morgan fingerprint density at radius 3 is 2.38 bits per heavy atom. The molecule has 0 unspecified atom stereocenters. The van der Waals surface area contributed by atoms with Crippen molar-refractivity contribution in [2.75, 3.05) is 26.2 Å². The molecule has 0 atom stereocenters. The SMILES string of the molecule is Cc1[nH]c(=O)[nH]c(=O)c1CCC(=O)N1CCN(C(=O)c2ccc(F)cc2Cl)CC1. The Hall–Kier alpha value is -2.94. The van der Waals surface area contributed by atoms with Crippen molar-refractivity contribution in [3.8, 4) is 0 Å². The van der Waals surface area contributed by atoms with Crippen LogP contribution in [0.1, 0.15) is 28.0 Å². The lowest BCUT2D eigenvalue weighted by atomic mass is 10.1. The van der Waals surface area contributed by atoms with E-state index in [0.717, 1.165) is 6.07 Å². The van der Waals surface area contributed by atoms with Crippen LogP contribution >= 0.6 is 11.6 Å². The Morgan fingerprint density at radius 2 is 1.76 bits per heavy atom. The first-order valence-corrected chi connectivity index (χ1v) is 9.48. The van der Waals surface area contributed by atoms with Crippen molar-refractivity contribution < 1.29 is 14.0 Å². The Bertz CT molecular complexity index is 1060. The maximum absolute atomic E-state index is 13.2. The summed E-state index contributed by atoms with van der Waals surface area (Å²) in [6.07, 6.45) is 0.328.